The average molecular weight is 409 g/mol. The van der Waals surface area contributed by atoms with Crippen molar-refractivity contribution in [3.8, 4) is 0 Å². The predicted octanol–water partition coefficient (Wildman–Crippen LogP) is 2.51. The van der Waals surface area contributed by atoms with E-state index in [9.17, 15) is 22.9 Å². The Balaban J connectivity index is 1.78. The van der Waals surface area contributed by atoms with Crippen molar-refractivity contribution in [3.05, 3.63) is 69.5 Å². The minimum absolute atomic E-state index is 0.0378. The zero-order valence-corrected chi connectivity index (χ0v) is 15.8. The Bertz CT molecular complexity index is 961. The van der Waals surface area contributed by atoms with Gasteiger partial charge < -0.3 is 10.1 Å². The lowest BCUT2D eigenvalue weighted by Crippen LogP contribution is -2.41. The highest BCUT2D eigenvalue weighted by molar-refractivity contribution is 7.88. The molecule has 10 heteroatoms. The van der Waals surface area contributed by atoms with Crippen LogP contribution in [0, 0.1) is 15.9 Å². The lowest BCUT2D eigenvalue weighted by molar-refractivity contribution is -0.384. The molecule has 0 unspecified atom stereocenters. The van der Waals surface area contributed by atoms with Gasteiger partial charge in [-0.1, -0.05) is 24.3 Å². The molecule has 1 N–H and O–H groups in total. The summed E-state index contributed by atoms with van der Waals surface area (Å²) in [4.78, 5) is 10.5. The second-order valence-electron chi connectivity index (χ2n) is 6.31. The maximum Gasteiger partial charge on any atom is 0.292 e. The van der Waals surface area contributed by atoms with Gasteiger partial charge in [-0.05, 0) is 17.2 Å². The van der Waals surface area contributed by atoms with Gasteiger partial charge in [-0.25, -0.2) is 12.8 Å². The number of sulfonamides is 1. The molecule has 1 aliphatic heterocycles. The predicted molar refractivity (Wildman–Crippen MR) is 102 cm³/mol. The molecular weight excluding hydrogens is 389 g/mol. The van der Waals surface area contributed by atoms with E-state index in [-0.39, 0.29) is 23.7 Å². The van der Waals surface area contributed by atoms with Crippen LogP contribution in [0.4, 0.5) is 15.8 Å². The van der Waals surface area contributed by atoms with E-state index >= 15 is 0 Å². The van der Waals surface area contributed by atoms with Crippen LogP contribution in [0.15, 0.2) is 42.5 Å². The van der Waals surface area contributed by atoms with Crippen molar-refractivity contribution in [2.24, 2.45) is 0 Å². The van der Waals surface area contributed by atoms with Crippen molar-refractivity contribution in [3.63, 3.8) is 0 Å². The molecule has 0 saturated carbocycles. The minimum Gasteiger partial charge on any atom is -0.379 e. The van der Waals surface area contributed by atoms with Crippen LogP contribution in [0.1, 0.15) is 11.1 Å². The van der Waals surface area contributed by atoms with Gasteiger partial charge in [0.2, 0.25) is 10.0 Å². The Morgan fingerprint density at radius 2 is 1.82 bits per heavy atom. The first kappa shape index (κ1) is 20.2. The highest BCUT2D eigenvalue weighted by Gasteiger charge is 2.25. The van der Waals surface area contributed by atoms with Gasteiger partial charge in [0.05, 0.1) is 23.9 Å². The summed E-state index contributed by atoms with van der Waals surface area (Å²) in [6, 6.07) is 10.1. The molecule has 1 saturated heterocycles. The second-order valence-corrected chi connectivity index (χ2v) is 8.28. The van der Waals surface area contributed by atoms with Gasteiger partial charge in [-0.3, -0.25) is 10.1 Å². The molecule has 150 valence electrons. The average Bonchev–Trinajstić information content (AvgIpc) is 2.67. The fraction of sp³-hybridized carbons (Fsp3) is 0.333. The molecule has 1 aliphatic rings. The Labute approximate surface area is 162 Å². The van der Waals surface area contributed by atoms with Crippen LogP contribution in [0.5, 0.6) is 0 Å². The fourth-order valence-corrected chi connectivity index (χ4v) is 4.55. The number of hydrogen-bond donors (Lipinski definition) is 1. The number of hydrogen-bond acceptors (Lipinski definition) is 6. The molecule has 1 heterocycles. The minimum atomic E-state index is -3.51. The molecular formula is C18H20FN3O5S. The van der Waals surface area contributed by atoms with Crippen molar-refractivity contribution >= 4 is 21.4 Å². The maximum absolute atomic E-state index is 13.5. The van der Waals surface area contributed by atoms with Crippen molar-refractivity contribution in [2.45, 2.75) is 12.3 Å². The zero-order valence-electron chi connectivity index (χ0n) is 15.0. The molecule has 0 bridgehead atoms. The maximum atomic E-state index is 13.5. The summed E-state index contributed by atoms with van der Waals surface area (Å²) in [6.45, 7) is 1.49. The number of anilines is 1. The van der Waals surface area contributed by atoms with E-state index in [2.05, 4.69) is 5.32 Å². The lowest BCUT2D eigenvalue weighted by atomic mass is 10.1. The van der Waals surface area contributed by atoms with Gasteiger partial charge in [-0.2, -0.15) is 4.31 Å². The third-order valence-electron chi connectivity index (χ3n) is 4.44. The first-order valence-electron chi connectivity index (χ1n) is 8.67. The number of morpholine rings is 1. The third kappa shape index (κ3) is 4.83. The van der Waals surface area contributed by atoms with Gasteiger partial charge in [-0.15, -0.1) is 0 Å². The zero-order chi connectivity index (χ0) is 20.1. The molecule has 2 aromatic carbocycles. The summed E-state index contributed by atoms with van der Waals surface area (Å²) < 4.78 is 45.4. The van der Waals surface area contributed by atoms with E-state index in [1.165, 1.54) is 4.31 Å². The molecule has 3 rings (SSSR count). The number of nitro groups is 1. The van der Waals surface area contributed by atoms with E-state index in [4.69, 9.17) is 4.74 Å². The molecule has 0 radical (unpaired) electrons. The smallest absolute Gasteiger partial charge is 0.292 e. The quantitative estimate of drug-likeness (QED) is 0.557. The van der Waals surface area contributed by atoms with Gasteiger partial charge >= 0.3 is 0 Å². The van der Waals surface area contributed by atoms with Crippen LogP contribution in [-0.2, 0) is 27.1 Å². The highest BCUT2D eigenvalue weighted by atomic mass is 32.2. The molecule has 0 spiro atoms. The monoisotopic (exact) mass is 409 g/mol. The number of benzene rings is 2. The summed E-state index contributed by atoms with van der Waals surface area (Å²) in [7, 11) is -3.51. The number of nitrogens with one attached hydrogen (secondary N) is 1. The highest BCUT2D eigenvalue weighted by Crippen LogP contribution is 2.26. The molecule has 0 atom stereocenters. The molecule has 0 aliphatic carbocycles. The topological polar surface area (TPSA) is 102 Å². The number of nitro benzene ring substituents is 1. The second kappa shape index (κ2) is 8.63. The first-order valence-corrected chi connectivity index (χ1v) is 10.3. The van der Waals surface area contributed by atoms with Crippen LogP contribution >= 0.6 is 0 Å². The Morgan fingerprint density at radius 1 is 1.14 bits per heavy atom. The Kier molecular flexibility index (Phi) is 6.22. The van der Waals surface area contributed by atoms with E-state index in [0.29, 0.717) is 37.4 Å². The number of halogens is 1. The fourth-order valence-electron chi connectivity index (χ4n) is 2.98. The van der Waals surface area contributed by atoms with E-state index in [0.717, 1.165) is 18.2 Å². The molecule has 0 amide bonds. The summed E-state index contributed by atoms with van der Waals surface area (Å²) in [6.07, 6.45) is 0. The molecule has 0 aromatic heterocycles. The standard InChI is InChI=1S/C18H20FN3O5S/c19-16-5-6-18(22(23)24)17(11-16)20-12-14-3-1-2-4-15(14)13-28(25,26)21-7-9-27-10-8-21/h1-6,11,20H,7-10,12-13H2. The summed E-state index contributed by atoms with van der Waals surface area (Å²) in [5, 5.41) is 14.0. The van der Waals surface area contributed by atoms with Gasteiger partial charge in [0.15, 0.2) is 0 Å². The van der Waals surface area contributed by atoms with Crippen molar-refractivity contribution in [1.82, 2.24) is 4.31 Å². The molecule has 2 aromatic rings. The van der Waals surface area contributed by atoms with Crippen LogP contribution in [0.2, 0.25) is 0 Å². The van der Waals surface area contributed by atoms with Crippen LogP contribution in [0.25, 0.3) is 0 Å². The van der Waals surface area contributed by atoms with Crippen molar-refractivity contribution < 1.29 is 22.5 Å². The van der Waals surface area contributed by atoms with Gasteiger partial charge in [0.25, 0.3) is 5.69 Å². The van der Waals surface area contributed by atoms with E-state index in [1.54, 1.807) is 24.3 Å². The SMILES string of the molecule is O=[N+]([O-])c1ccc(F)cc1NCc1ccccc1CS(=O)(=O)N1CCOCC1. The van der Waals surface area contributed by atoms with Crippen LogP contribution in [0.3, 0.4) is 0 Å². The lowest BCUT2D eigenvalue weighted by Gasteiger charge is -2.26. The van der Waals surface area contributed by atoms with E-state index < -0.39 is 20.8 Å². The van der Waals surface area contributed by atoms with Gasteiger partial charge in [0.1, 0.15) is 11.5 Å². The number of ether oxygens (including phenoxy) is 1. The molecule has 28 heavy (non-hydrogen) atoms. The number of rotatable bonds is 7. The van der Waals surface area contributed by atoms with Crippen molar-refractivity contribution in [1.29, 1.82) is 0 Å². The van der Waals surface area contributed by atoms with Crippen LogP contribution in [-0.4, -0.2) is 43.9 Å². The molecule has 1 fully saturated rings. The summed E-state index contributed by atoms with van der Waals surface area (Å²) >= 11 is 0. The van der Waals surface area contributed by atoms with E-state index in [1.807, 2.05) is 0 Å². The Morgan fingerprint density at radius 3 is 2.50 bits per heavy atom. The first-order chi connectivity index (χ1) is 13.4. The summed E-state index contributed by atoms with van der Waals surface area (Å²) in [5.74, 6) is -0.785. The third-order valence-corrected chi connectivity index (χ3v) is 6.27. The molecule has 8 nitrogen and oxygen atoms in total. The largest absolute Gasteiger partial charge is 0.379 e. The summed E-state index contributed by atoms with van der Waals surface area (Å²) in [5.41, 5.74) is 1.04. The van der Waals surface area contributed by atoms with Gasteiger partial charge in [0, 0.05) is 31.8 Å². The van der Waals surface area contributed by atoms with Crippen molar-refractivity contribution in [2.75, 3.05) is 31.6 Å². The van der Waals surface area contributed by atoms with Crippen LogP contribution < -0.4 is 5.32 Å². The Hall–Kier alpha value is -2.56. The number of nitrogens with zero attached hydrogens (tertiary/aromatic N) is 2. The normalized spacial score (nSPS) is 15.3.